The van der Waals surface area contributed by atoms with E-state index < -0.39 is 4.92 Å². The largest absolute Gasteiger partial charge is 0.491 e. The van der Waals surface area contributed by atoms with E-state index in [0.29, 0.717) is 34.1 Å². The zero-order valence-corrected chi connectivity index (χ0v) is 22.7. The third kappa shape index (κ3) is 6.97. The Morgan fingerprint density at radius 1 is 0.949 bits per heavy atom. The molecule has 4 rings (SSSR count). The Balaban J connectivity index is 1.42. The highest BCUT2D eigenvalue weighted by Crippen LogP contribution is 2.35. The Labute approximate surface area is 230 Å². The van der Waals surface area contributed by atoms with Gasteiger partial charge in [-0.25, -0.2) is 0 Å². The number of rotatable bonds is 11. The van der Waals surface area contributed by atoms with Gasteiger partial charge in [0.15, 0.2) is 11.5 Å². The van der Waals surface area contributed by atoms with Gasteiger partial charge in [-0.1, -0.05) is 30.3 Å². The molecule has 3 aromatic carbocycles. The summed E-state index contributed by atoms with van der Waals surface area (Å²) in [5.74, 6) is 1.27. The molecule has 0 saturated carbocycles. The highest BCUT2D eigenvalue weighted by Gasteiger charge is 2.34. The van der Waals surface area contributed by atoms with E-state index in [1.807, 2.05) is 39.0 Å². The summed E-state index contributed by atoms with van der Waals surface area (Å²) in [7, 11) is 0. The van der Waals surface area contributed by atoms with Crippen LogP contribution in [0, 0.1) is 24.0 Å². The maximum absolute atomic E-state index is 13.0. The van der Waals surface area contributed by atoms with Crippen LogP contribution in [0.3, 0.4) is 0 Å². The first-order valence-corrected chi connectivity index (χ1v) is 13.1. The van der Waals surface area contributed by atoms with Crippen molar-refractivity contribution in [1.82, 2.24) is 4.90 Å². The topological polar surface area (TPSA) is 108 Å². The van der Waals surface area contributed by atoms with E-state index >= 15 is 0 Å². The fourth-order valence-corrected chi connectivity index (χ4v) is 4.74. The molecular formula is C29H28N2O7S. The number of nitro groups is 1. The molecule has 1 saturated heterocycles. The first-order valence-electron chi connectivity index (χ1n) is 12.3. The third-order valence-corrected chi connectivity index (χ3v) is 6.78. The fraction of sp³-hybridized carbons (Fsp3) is 0.241. The summed E-state index contributed by atoms with van der Waals surface area (Å²) in [6, 6.07) is 17.3. The normalized spacial score (nSPS) is 14.1. The van der Waals surface area contributed by atoms with Crippen molar-refractivity contribution in [3.63, 3.8) is 0 Å². The van der Waals surface area contributed by atoms with Gasteiger partial charge in [0.25, 0.3) is 16.8 Å². The molecule has 0 spiro atoms. The molecule has 0 atom stereocenters. The summed E-state index contributed by atoms with van der Waals surface area (Å²) in [4.78, 5) is 37.6. The van der Waals surface area contributed by atoms with Crippen LogP contribution < -0.4 is 14.2 Å². The Bertz CT molecular complexity index is 1440. The van der Waals surface area contributed by atoms with Crippen LogP contribution in [0.4, 0.5) is 10.5 Å². The Morgan fingerprint density at radius 3 is 2.54 bits per heavy atom. The predicted octanol–water partition coefficient (Wildman–Crippen LogP) is 6.30. The lowest BCUT2D eigenvalue weighted by molar-refractivity contribution is -0.384. The molecule has 0 bridgehead atoms. The molecule has 1 aliphatic heterocycles. The average Bonchev–Trinajstić information content (AvgIpc) is 3.17. The zero-order chi connectivity index (χ0) is 27.9. The second-order valence-corrected chi connectivity index (χ2v) is 9.80. The van der Waals surface area contributed by atoms with Gasteiger partial charge in [0.1, 0.15) is 19.0 Å². The zero-order valence-electron chi connectivity index (χ0n) is 21.8. The van der Waals surface area contributed by atoms with Gasteiger partial charge in [-0.15, -0.1) is 0 Å². The smallest absolute Gasteiger partial charge is 0.293 e. The number of benzene rings is 3. The summed E-state index contributed by atoms with van der Waals surface area (Å²) in [5, 5.41) is 10.7. The minimum atomic E-state index is -0.455. The molecule has 2 amide bonds. The van der Waals surface area contributed by atoms with Gasteiger partial charge in [-0.2, -0.15) is 0 Å². The van der Waals surface area contributed by atoms with Crippen molar-refractivity contribution in [2.45, 2.75) is 27.4 Å². The molecule has 0 aliphatic carbocycles. The highest BCUT2D eigenvalue weighted by atomic mass is 32.2. The van der Waals surface area contributed by atoms with Crippen LogP contribution in [0.2, 0.25) is 0 Å². The first-order chi connectivity index (χ1) is 18.7. The number of imide groups is 1. The van der Waals surface area contributed by atoms with Gasteiger partial charge in [-0.3, -0.25) is 24.6 Å². The van der Waals surface area contributed by atoms with Crippen LogP contribution in [-0.4, -0.2) is 40.7 Å². The average molecular weight is 549 g/mol. The number of thioether (sulfide) groups is 1. The summed E-state index contributed by atoms with van der Waals surface area (Å²) < 4.78 is 17.4. The fourth-order valence-electron chi connectivity index (χ4n) is 3.88. The summed E-state index contributed by atoms with van der Waals surface area (Å²) in [6.07, 6.45) is 1.64. The van der Waals surface area contributed by atoms with Crippen LogP contribution in [0.1, 0.15) is 29.2 Å². The molecule has 1 heterocycles. The van der Waals surface area contributed by atoms with E-state index in [1.54, 1.807) is 36.4 Å². The maximum atomic E-state index is 13.0. The summed E-state index contributed by atoms with van der Waals surface area (Å²) in [6.45, 7) is 6.59. The van der Waals surface area contributed by atoms with Crippen LogP contribution in [-0.2, 0) is 11.4 Å². The van der Waals surface area contributed by atoms with Crippen LogP contribution >= 0.6 is 11.8 Å². The van der Waals surface area contributed by atoms with Gasteiger partial charge in [-0.05, 0) is 79.1 Å². The molecule has 0 N–H and O–H groups in total. The lowest BCUT2D eigenvalue weighted by Crippen LogP contribution is -2.32. The Morgan fingerprint density at radius 2 is 1.77 bits per heavy atom. The van der Waals surface area contributed by atoms with Gasteiger partial charge in [0, 0.05) is 12.1 Å². The molecular weight excluding hydrogens is 520 g/mol. The van der Waals surface area contributed by atoms with Crippen molar-refractivity contribution in [2.75, 3.05) is 19.8 Å². The molecule has 0 unspecified atom stereocenters. The minimum absolute atomic E-state index is 0.0118. The number of nitro benzene ring substituents is 1. The third-order valence-electron chi connectivity index (χ3n) is 5.87. The van der Waals surface area contributed by atoms with Crippen molar-refractivity contribution in [3.8, 4) is 17.2 Å². The number of non-ortho nitro benzene ring substituents is 1. The maximum Gasteiger partial charge on any atom is 0.293 e. The Kier molecular flexibility index (Phi) is 8.88. The van der Waals surface area contributed by atoms with Crippen LogP contribution in [0.5, 0.6) is 17.2 Å². The monoisotopic (exact) mass is 548 g/mol. The second-order valence-electron chi connectivity index (χ2n) is 8.81. The molecule has 0 aromatic heterocycles. The standard InChI is InChI=1S/C29H28N2O7S/c1-4-36-26-16-21(10-11-24(26)38-18-22-6-5-7-23(15-22)31(34)35)17-27-28(32)30(29(33)39-27)12-13-37-25-14-19(2)8-9-20(25)3/h5-11,14-17H,4,12-13,18H2,1-3H3/b27-17-. The number of ether oxygens (including phenoxy) is 3. The number of carbonyl (C=O) groups is 2. The van der Waals surface area contributed by atoms with E-state index in [1.165, 1.54) is 17.0 Å². The van der Waals surface area contributed by atoms with Gasteiger partial charge >= 0.3 is 0 Å². The number of amides is 2. The van der Waals surface area contributed by atoms with E-state index in [9.17, 15) is 19.7 Å². The second kappa shape index (κ2) is 12.5. The van der Waals surface area contributed by atoms with Gasteiger partial charge in [0.05, 0.1) is 23.0 Å². The highest BCUT2D eigenvalue weighted by molar-refractivity contribution is 8.18. The molecule has 10 heteroatoms. The van der Waals surface area contributed by atoms with E-state index in [-0.39, 0.29) is 36.6 Å². The quantitative estimate of drug-likeness (QED) is 0.156. The lowest BCUT2D eigenvalue weighted by atomic mass is 10.1. The molecule has 3 aromatic rings. The van der Waals surface area contributed by atoms with Crippen molar-refractivity contribution in [1.29, 1.82) is 0 Å². The van der Waals surface area contributed by atoms with E-state index in [2.05, 4.69) is 0 Å². The van der Waals surface area contributed by atoms with Gasteiger partial charge < -0.3 is 14.2 Å². The van der Waals surface area contributed by atoms with Crippen LogP contribution in [0.15, 0.2) is 65.6 Å². The first kappa shape index (κ1) is 27.7. The van der Waals surface area contributed by atoms with Crippen molar-refractivity contribution < 1.29 is 28.7 Å². The van der Waals surface area contributed by atoms with Crippen molar-refractivity contribution >= 4 is 34.7 Å². The number of hydrogen-bond acceptors (Lipinski definition) is 8. The summed E-state index contributed by atoms with van der Waals surface area (Å²) in [5.41, 5.74) is 3.35. The number of hydrogen-bond donors (Lipinski definition) is 0. The van der Waals surface area contributed by atoms with Crippen molar-refractivity contribution in [2.24, 2.45) is 0 Å². The molecule has 1 fully saturated rings. The number of carbonyl (C=O) groups excluding carboxylic acids is 2. The lowest BCUT2D eigenvalue weighted by Gasteiger charge is -2.15. The summed E-state index contributed by atoms with van der Waals surface area (Å²) >= 11 is 0.879. The molecule has 39 heavy (non-hydrogen) atoms. The molecule has 202 valence electrons. The van der Waals surface area contributed by atoms with E-state index in [0.717, 1.165) is 28.6 Å². The van der Waals surface area contributed by atoms with Crippen molar-refractivity contribution in [3.05, 3.63) is 97.9 Å². The molecule has 9 nitrogen and oxygen atoms in total. The number of aryl methyl sites for hydroxylation is 2. The van der Waals surface area contributed by atoms with E-state index in [4.69, 9.17) is 14.2 Å². The predicted molar refractivity (Wildman–Crippen MR) is 149 cm³/mol. The number of nitrogens with zero attached hydrogens (tertiary/aromatic N) is 2. The van der Waals surface area contributed by atoms with Gasteiger partial charge in [0.2, 0.25) is 0 Å². The Hall–Kier alpha value is -4.31. The molecule has 0 radical (unpaired) electrons. The SMILES string of the molecule is CCOc1cc(/C=C2\SC(=O)N(CCOc3cc(C)ccc3C)C2=O)ccc1OCc1cccc([N+](=O)[O-])c1. The molecule has 1 aliphatic rings. The minimum Gasteiger partial charge on any atom is -0.491 e. The van der Waals surface area contributed by atoms with Crippen LogP contribution in [0.25, 0.3) is 6.08 Å².